The van der Waals surface area contributed by atoms with Gasteiger partial charge in [-0.1, -0.05) is 0 Å². The highest BCUT2D eigenvalue weighted by molar-refractivity contribution is 14.0. The SMILES string of the molecule is CN=C(NCC(=O)N(C)CC(F)(F)F)NCC(C)(C)SC.I. The summed E-state index contributed by atoms with van der Waals surface area (Å²) in [6.07, 6.45) is -2.42. The predicted octanol–water partition coefficient (Wildman–Crippen LogP) is 1.93. The van der Waals surface area contributed by atoms with E-state index in [1.807, 2.05) is 20.1 Å². The smallest absolute Gasteiger partial charge is 0.355 e. The average Bonchev–Trinajstić information content (AvgIpc) is 2.36. The molecule has 0 radical (unpaired) electrons. The number of aliphatic imine (C=N–C) groups is 1. The van der Waals surface area contributed by atoms with Crippen molar-refractivity contribution in [2.75, 3.05) is 40.0 Å². The first-order chi connectivity index (χ1) is 9.50. The molecular formula is C12H24F3IN4OS. The number of guanidine groups is 1. The Hall–Kier alpha value is -0.390. The highest BCUT2D eigenvalue weighted by atomic mass is 127. The Morgan fingerprint density at radius 1 is 1.27 bits per heavy atom. The Labute approximate surface area is 150 Å². The van der Waals surface area contributed by atoms with Crippen molar-refractivity contribution in [2.45, 2.75) is 24.8 Å². The van der Waals surface area contributed by atoms with Crippen molar-refractivity contribution in [3.05, 3.63) is 0 Å². The monoisotopic (exact) mass is 456 g/mol. The third-order valence-corrected chi connectivity index (χ3v) is 3.96. The molecule has 0 saturated carbocycles. The van der Waals surface area contributed by atoms with E-state index < -0.39 is 18.6 Å². The van der Waals surface area contributed by atoms with E-state index in [1.54, 1.807) is 11.8 Å². The zero-order valence-electron chi connectivity index (χ0n) is 13.4. The molecule has 0 aromatic heterocycles. The average molecular weight is 456 g/mol. The number of thioether (sulfide) groups is 1. The minimum Gasteiger partial charge on any atom is -0.355 e. The number of carbonyl (C=O) groups excluding carboxylic acids is 1. The molecule has 0 spiro atoms. The van der Waals surface area contributed by atoms with Gasteiger partial charge in [-0.2, -0.15) is 24.9 Å². The van der Waals surface area contributed by atoms with Crippen molar-refractivity contribution in [2.24, 2.45) is 4.99 Å². The Morgan fingerprint density at radius 3 is 2.23 bits per heavy atom. The van der Waals surface area contributed by atoms with Gasteiger partial charge >= 0.3 is 6.18 Å². The maximum atomic E-state index is 12.2. The third-order valence-electron chi connectivity index (χ3n) is 2.71. The first-order valence-electron chi connectivity index (χ1n) is 6.31. The zero-order chi connectivity index (χ0) is 16.7. The molecule has 0 heterocycles. The molecular weight excluding hydrogens is 432 g/mol. The van der Waals surface area contributed by atoms with Crippen LogP contribution in [0.15, 0.2) is 4.99 Å². The fraction of sp³-hybridized carbons (Fsp3) is 0.833. The minimum atomic E-state index is -4.40. The standard InChI is InChI=1S/C12H23F3N4OS.HI/c1-11(2,21-5)7-18-10(16-3)17-6-9(20)19(4)8-12(13,14)15;/h6-8H2,1-5H3,(H2,16,17,18);1H. The van der Waals surface area contributed by atoms with Crippen LogP contribution in [0, 0.1) is 0 Å². The number of alkyl halides is 3. The van der Waals surface area contributed by atoms with Gasteiger partial charge < -0.3 is 15.5 Å². The number of carbonyl (C=O) groups is 1. The van der Waals surface area contributed by atoms with Gasteiger partial charge in [-0.15, -0.1) is 24.0 Å². The van der Waals surface area contributed by atoms with Gasteiger partial charge in [-0.05, 0) is 20.1 Å². The van der Waals surface area contributed by atoms with Gasteiger partial charge in [0.05, 0.1) is 6.54 Å². The second-order valence-electron chi connectivity index (χ2n) is 5.11. The van der Waals surface area contributed by atoms with Gasteiger partial charge in [0.15, 0.2) is 5.96 Å². The van der Waals surface area contributed by atoms with E-state index in [1.165, 1.54) is 7.05 Å². The number of hydrogen-bond acceptors (Lipinski definition) is 3. The summed E-state index contributed by atoms with van der Waals surface area (Å²) in [6.45, 7) is 3.19. The van der Waals surface area contributed by atoms with Gasteiger partial charge in [-0.3, -0.25) is 9.79 Å². The van der Waals surface area contributed by atoms with Crippen LogP contribution in [0.25, 0.3) is 0 Å². The van der Waals surface area contributed by atoms with Crippen LogP contribution in [0.2, 0.25) is 0 Å². The van der Waals surface area contributed by atoms with Gasteiger partial charge in [0.1, 0.15) is 6.54 Å². The topological polar surface area (TPSA) is 56.7 Å². The molecule has 0 aromatic carbocycles. The van der Waals surface area contributed by atoms with Crippen LogP contribution in [0.4, 0.5) is 13.2 Å². The highest BCUT2D eigenvalue weighted by Crippen LogP contribution is 2.19. The summed E-state index contributed by atoms with van der Waals surface area (Å²) in [7, 11) is 2.65. The van der Waals surface area contributed by atoms with Crippen LogP contribution in [-0.4, -0.2) is 67.7 Å². The molecule has 0 fully saturated rings. The number of halogens is 4. The number of nitrogens with one attached hydrogen (secondary N) is 2. The van der Waals surface area contributed by atoms with Crippen molar-refractivity contribution in [1.82, 2.24) is 15.5 Å². The molecule has 0 unspecified atom stereocenters. The summed E-state index contributed by atoms with van der Waals surface area (Å²) in [5, 5.41) is 5.73. The Kier molecular flexibility index (Phi) is 11.3. The number of amides is 1. The lowest BCUT2D eigenvalue weighted by Gasteiger charge is -2.24. The molecule has 0 aromatic rings. The molecule has 2 N–H and O–H groups in total. The van der Waals surface area contributed by atoms with Crippen LogP contribution in [0.3, 0.4) is 0 Å². The summed E-state index contributed by atoms with van der Waals surface area (Å²) >= 11 is 1.67. The Morgan fingerprint density at radius 2 is 1.82 bits per heavy atom. The number of hydrogen-bond donors (Lipinski definition) is 2. The first kappa shape index (κ1) is 23.9. The fourth-order valence-corrected chi connectivity index (χ4v) is 1.46. The maximum Gasteiger partial charge on any atom is 0.406 e. The van der Waals surface area contributed by atoms with Crippen LogP contribution >= 0.6 is 35.7 Å². The van der Waals surface area contributed by atoms with E-state index in [4.69, 9.17) is 0 Å². The number of likely N-dealkylation sites (N-methyl/N-ethyl adjacent to an activating group) is 1. The number of nitrogens with zero attached hydrogens (tertiary/aromatic N) is 2. The first-order valence-corrected chi connectivity index (χ1v) is 7.53. The molecule has 22 heavy (non-hydrogen) atoms. The normalized spacial score (nSPS) is 12.5. The third kappa shape index (κ3) is 11.2. The van der Waals surface area contributed by atoms with Crippen molar-refractivity contribution in [3.63, 3.8) is 0 Å². The van der Waals surface area contributed by atoms with Gasteiger partial charge in [0.2, 0.25) is 5.91 Å². The molecule has 5 nitrogen and oxygen atoms in total. The van der Waals surface area contributed by atoms with E-state index in [0.29, 0.717) is 17.4 Å². The summed E-state index contributed by atoms with van der Waals surface area (Å²) < 4.78 is 36.5. The highest BCUT2D eigenvalue weighted by Gasteiger charge is 2.31. The Balaban J connectivity index is 0. The van der Waals surface area contributed by atoms with Crippen LogP contribution < -0.4 is 10.6 Å². The minimum absolute atomic E-state index is 0. The fourth-order valence-electron chi connectivity index (χ4n) is 1.24. The second-order valence-corrected chi connectivity index (χ2v) is 6.62. The van der Waals surface area contributed by atoms with Crippen molar-refractivity contribution >= 4 is 47.6 Å². The van der Waals surface area contributed by atoms with Crippen LogP contribution in [0.1, 0.15) is 13.8 Å². The molecule has 0 atom stereocenters. The van der Waals surface area contributed by atoms with Crippen LogP contribution in [0.5, 0.6) is 0 Å². The van der Waals surface area contributed by atoms with E-state index in [-0.39, 0.29) is 35.3 Å². The summed E-state index contributed by atoms with van der Waals surface area (Å²) in [6, 6.07) is 0. The number of rotatable bonds is 6. The lowest BCUT2D eigenvalue weighted by molar-refractivity contribution is -0.157. The molecule has 0 saturated heterocycles. The summed E-state index contributed by atoms with van der Waals surface area (Å²) in [4.78, 5) is 16.1. The van der Waals surface area contributed by atoms with Crippen LogP contribution in [-0.2, 0) is 4.79 Å². The maximum absolute atomic E-state index is 12.2. The molecule has 132 valence electrons. The summed E-state index contributed by atoms with van der Waals surface area (Å²) in [5.74, 6) is -0.273. The van der Waals surface area contributed by atoms with Crippen molar-refractivity contribution in [1.29, 1.82) is 0 Å². The predicted molar refractivity (Wildman–Crippen MR) is 96.1 cm³/mol. The molecule has 0 aliphatic rings. The van der Waals surface area contributed by atoms with E-state index in [2.05, 4.69) is 15.6 Å². The zero-order valence-corrected chi connectivity index (χ0v) is 16.5. The van der Waals surface area contributed by atoms with Gasteiger partial charge in [0, 0.05) is 25.4 Å². The molecule has 0 rings (SSSR count). The lowest BCUT2D eigenvalue weighted by Crippen LogP contribution is -2.47. The van der Waals surface area contributed by atoms with E-state index >= 15 is 0 Å². The van der Waals surface area contributed by atoms with Gasteiger partial charge in [0.25, 0.3) is 0 Å². The van der Waals surface area contributed by atoms with Crippen molar-refractivity contribution in [3.8, 4) is 0 Å². The molecule has 1 amide bonds. The van der Waals surface area contributed by atoms with Gasteiger partial charge in [-0.25, -0.2) is 0 Å². The quantitative estimate of drug-likeness (QED) is 0.365. The lowest BCUT2D eigenvalue weighted by atomic mass is 10.2. The van der Waals surface area contributed by atoms with E-state index in [9.17, 15) is 18.0 Å². The second kappa shape index (κ2) is 10.4. The summed E-state index contributed by atoms with van der Waals surface area (Å²) in [5.41, 5.74) is 0. The molecule has 0 aliphatic heterocycles. The Bertz CT molecular complexity index is 378. The molecule has 10 heteroatoms. The molecule has 0 bridgehead atoms. The largest absolute Gasteiger partial charge is 0.406 e. The van der Waals surface area contributed by atoms with Crippen molar-refractivity contribution < 1.29 is 18.0 Å². The van der Waals surface area contributed by atoms with E-state index in [0.717, 1.165) is 7.05 Å². The molecule has 0 aliphatic carbocycles.